The molecule has 1 aliphatic rings. The van der Waals surface area contributed by atoms with E-state index in [2.05, 4.69) is 5.32 Å². The van der Waals surface area contributed by atoms with Crippen molar-refractivity contribution >= 4 is 35.6 Å². The molecule has 7 heteroatoms. The zero-order chi connectivity index (χ0) is 16.1. The van der Waals surface area contributed by atoms with Crippen LogP contribution in [0.3, 0.4) is 0 Å². The summed E-state index contributed by atoms with van der Waals surface area (Å²) in [6.45, 7) is 0.231. The van der Waals surface area contributed by atoms with E-state index in [4.69, 9.17) is 22.1 Å². The van der Waals surface area contributed by atoms with Crippen molar-refractivity contribution in [2.45, 2.75) is 38.2 Å². The summed E-state index contributed by atoms with van der Waals surface area (Å²) < 4.78 is 5.16. The van der Waals surface area contributed by atoms with Crippen LogP contribution < -0.4 is 15.8 Å². The van der Waals surface area contributed by atoms with E-state index < -0.39 is 6.10 Å². The molecule has 1 aromatic rings. The lowest BCUT2D eigenvalue weighted by atomic mass is 9.85. The number of nitrogens with two attached hydrogens (primary N) is 1. The Bertz CT molecular complexity index is 534. The van der Waals surface area contributed by atoms with Crippen LogP contribution in [0.25, 0.3) is 0 Å². The Labute approximate surface area is 147 Å². The summed E-state index contributed by atoms with van der Waals surface area (Å²) in [4.78, 5) is 12.3. The number of anilines is 1. The van der Waals surface area contributed by atoms with Crippen LogP contribution in [0.5, 0.6) is 5.75 Å². The van der Waals surface area contributed by atoms with Crippen molar-refractivity contribution in [1.82, 2.24) is 5.32 Å². The third-order valence-corrected chi connectivity index (χ3v) is 4.56. The first-order chi connectivity index (χ1) is 10.5. The molecule has 0 bridgehead atoms. The first-order valence-corrected chi connectivity index (χ1v) is 8.00. The Kier molecular flexibility index (Phi) is 7.95. The number of nitrogen functional groups attached to an aromatic ring is 1. The van der Waals surface area contributed by atoms with Crippen molar-refractivity contribution < 1.29 is 14.6 Å². The number of nitrogens with one attached hydrogen (secondary N) is 1. The molecule has 0 spiro atoms. The SMILES string of the molecule is COc1cc(N)c(Cl)cc1C(=O)NCC(O)C1CCCCC1.Cl. The van der Waals surface area contributed by atoms with Crippen LogP contribution in [0.15, 0.2) is 12.1 Å². The Morgan fingerprint density at radius 3 is 2.70 bits per heavy atom. The standard InChI is InChI=1S/C16H23ClN2O3.ClH/c1-22-15-8-13(18)12(17)7-11(15)16(21)19-9-14(20)10-5-3-2-4-6-10;/h7-8,10,14,20H,2-6,9,18H2,1H3,(H,19,21);1H. The van der Waals surface area contributed by atoms with Crippen LogP contribution in [0.1, 0.15) is 42.5 Å². The quantitative estimate of drug-likeness (QED) is 0.702. The number of rotatable bonds is 5. The number of carbonyl (C=O) groups excluding carboxylic acids is 1. The van der Waals surface area contributed by atoms with Gasteiger partial charge in [-0.3, -0.25) is 4.79 Å². The van der Waals surface area contributed by atoms with Gasteiger partial charge in [0.1, 0.15) is 5.75 Å². The summed E-state index contributed by atoms with van der Waals surface area (Å²) in [5.41, 5.74) is 6.38. The Morgan fingerprint density at radius 2 is 2.09 bits per heavy atom. The number of halogens is 2. The molecule has 0 aliphatic heterocycles. The number of aliphatic hydroxyl groups excluding tert-OH is 1. The van der Waals surface area contributed by atoms with Gasteiger partial charge in [-0.25, -0.2) is 0 Å². The van der Waals surface area contributed by atoms with Gasteiger partial charge >= 0.3 is 0 Å². The topological polar surface area (TPSA) is 84.6 Å². The van der Waals surface area contributed by atoms with E-state index in [0.29, 0.717) is 22.0 Å². The summed E-state index contributed by atoms with van der Waals surface area (Å²) in [6.07, 6.45) is 5.06. The minimum absolute atomic E-state index is 0. The van der Waals surface area contributed by atoms with Crippen molar-refractivity contribution in [2.24, 2.45) is 5.92 Å². The lowest BCUT2D eigenvalue weighted by Crippen LogP contribution is -2.37. The van der Waals surface area contributed by atoms with Gasteiger partial charge in [0.25, 0.3) is 5.91 Å². The molecule has 1 aliphatic carbocycles. The second kappa shape index (κ2) is 9.21. The highest BCUT2D eigenvalue weighted by molar-refractivity contribution is 6.33. The van der Waals surface area contributed by atoms with Crippen molar-refractivity contribution in [2.75, 3.05) is 19.4 Å². The van der Waals surface area contributed by atoms with Gasteiger partial charge in [0, 0.05) is 12.6 Å². The van der Waals surface area contributed by atoms with Gasteiger partial charge in [-0.15, -0.1) is 12.4 Å². The molecular weight excluding hydrogens is 339 g/mol. The maximum absolute atomic E-state index is 12.3. The average molecular weight is 363 g/mol. The van der Waals surface area contributed by atoms with Crippen LogP contribution in [-0.4, -0.2) is 30.8 Å². The van der Waals surface area contributed by atoms with E-state index >= 15 is 0 Å². The lowest BCUT2D eigenvalue weighted by Gasteiger charge is -2.26. The minimum Gasteiger partial charge on any atom is -0.496 e. The fourth-order valence-electron chi connectivity index (χ4n) is 2.89. The normalized spacial score (nSPS) is 16.3. The van der Waals surface area contributed by atoms with Crippen molar-refractivity contribution in [3.63, 3.8) is 0 Å². The number of amides is 1. The summed E-state index contributed by atoms with van der Waals surface area (Å²) in [6, 6.07) is 3.01. The zero-order valence-corrected chi connectivity index (χ0v) is 14.8. The van der Waals surface area contributed by atoms with Crippen molar-refractivity contribution in [3.8, 4) is 5.75 Å². The third kappa shape index (κ3) is 5.16. The van der Waals surface area contributed by atoms with E-state index in [9.17, 15) is 9.90 Å². The summed E-state index contributed by atoms with van der Waals surface area (Å²) >= 11 is 5.96. The Balaban J connectivity index is 0.00000264. The van der Waals surface area contributed by atoms with E-state index in [1.807, 2.05) is 0 Å². The molecule has 1 fully saturated rings. The molecule has 0 radical (unpaired) electrons. The second-order valence-corrected chi connectivity index (χ2v) is 6.16. The molecule has 4 N–H and O–H groups in total. The van der Waals surface area contributed by atoms with Gasteiger partial charge in [-0.05, 0) is 24.8 Å². The molecule has 0 heterocycles. The van der Waals surface area contributed by atoms with E-state index in [1.54, 1.807) is 0 Å². The smallest absolute Gasteiger partial charge is 0.255 e. The van der Waals surface area contributed by atoms with Crippen molar-refractivity contribution in [3.05, 3.63) is 22.7 Å². The van der Waals surface area contributed by atoms with Crippen LogP contribution in [0.4, 0.5) is 5.69 Å². The predicted octanol–water partition coefficient (Wildman–Crippen LogP) is 3.02. The first-order valence-electron chi connectivity index (χ1n) is 7.62. The lowest BCUT2D eigenvalue weighted by molar-refractivity contribution is 0.0737. The minimum atomic E-state index is -0.514. The number of hydrogen-bond donors (Lipinski definition) is 3. The Morgan fingerprint density at radius 1 is 1.43 bits per heavy atom. The molecule has 23 heavy (non-hydrogen) atoms. The molecular formula is C16H24Cl2N2O3. The molecule has 5 nitrogen and oxygen atoms in total. The van der Waals surface area contributed by atoms with Crippen LogP contribution in [0, 0.1) is 5.92 Å². The van der Waals surface area contributed by atoms with E-state index in [-0.39, 0.29) is 30.8 Å². The highest BCUT2D eigenvalue weighted by atomic mass is 35.5. The highest BCUT2D eigenvalue weighted by Crippen LogP contribution is 2.29. The van der Waals surface area contributed by atoms with Crippen molar-refractivity contribution in [1.29, 1.82) is 0 Å². The molecule has 1 atom stereocenters. The predicted molar refractivity (Wildman–Crippen MR) is 94.6 cm³/mol. The maximum atomic E-state index is 12.3. The summed E-state index contributed by atoms with van der Waals surface area (Å²) in [5.74, 6) is 0.311. The molecule has 130 valence electrons. The van der Waals surface area contributed by atoms with Gasteiger partial charge < -0.3 is 20.9 Å². The number of hydrogen-bond acceptors (Lipinski definition) is 4. The van der Waals surface area contributed by atoms with Gasteiger partial charge in [0.15, 0.2) is 0 Å². The van der Waals surface area contributed by atoms with Crippen LogP contribution in [0.2, 0.25) is 5.02 Å². The largest absolute Gasteiger partial charge is 0.496 e. The van der Waals surface area contributed by atoms with E-state index in [0.717, 1.165) is 25.7 Å². The van der Waals surface area contributed by atoms with Gasteiger partial charge in [0.2, 0.25) is 0 Å². The fraction of sp³-hybridized carbons (Fsp3) is 0.562. The Hall–Kier alpha value is -1.17. The highest BCUT2D eigenvalue weighted by Gasteiger charge is 2.23. The molecule has 0 saturated heterocycles. The number of aliphatic hydroxyl groups is 1. The van der Waals surface area contributed by atoms with E-state index in [1.165, 1.54) is 25.7 Å². The molecule has 1 amide bonds. The number of methoxy groups -OCH3 is 1. The second-order valence-electron chi connectivity index (χ2n) is 5.75. The number of benzene rings is 1. The maximum Gasteiger partial charge on any atom is 0.255 e. The summed E-state index contributed by atoms with van der Waals surface area (Å²) in [5, 5.41) is 13.3. The molecule has 0 aromatic heterocycles. The third-order valence-electron chi connectivity index (χ3n) is 4.23. The van der Waals surface area contributed by atoms with Crippen LogP contribution in [-0.2, 0) is 0 Å². The molecule has 2 rings (SSSR count). The summed E-state index contributed by atoms with van der Waals surface area (Å²) in [7, 11) is 1.47. The average Bonchev–Trinajstić information content (AvgIpc) is 2.55. The number of carbonyl (C=O) groups is 1. The van der Waals surface area contributed by atoms with Crippen LogP contribution >= 0.6 is 24.0 Å². The van der Waals surface area contributed by atoms with Gasteiger partial charge in [0.05, 0.1) is 29.5 Å². The first kappa shape index (κ1) is 19.9. The molecule has 1 aromatic carbocycles. The number of ether oxygens (including phenoxy) is 1. The zero-order valence-electron chi connectivity index (χ0n) is 13.2. The molecule has 1 saturated carbocycles. The van der Waals surface area contributed by atoms with Gasteiger partial charge in [-0.2, -0.15) is 0 Å². The fourth-order valence-corrected chi connectivity index (χ4v) is 3.06. The monoisotopic (exact) mass is 362 g/mol. The molecule has 1 unspecified atom stereocenters. The van der Waals surface area contributed by atoms with Gasteiger partial charge in [-0.1, -0.05) is 30.9 Å².